The molecular weight excluding hydrogens is 411 g/mol. The number of pyridine rings is 2. The summed E-state index contributed by atoms with van der Waals surface area (Å²) in [5.41, 5.74) is 2.04. The molecule has 9 heteroatoms. The topological polar surface area (TPSA) is 70.2 Å². The number of methoxy groups -OCH3 is 1. The van der Waals surface area contributed by atoms with E-state index in [1.165, 1.54) is 23.8 Å². The highest BCUT2D eigenvalue weighted by molar-refractivity contribution is 5.89. The summed E-state index contributed by atoms with van der Waals surface area (Å²) in [5.74, 6) is 1.15. The van der Waals surface area contributed by atoms with E-state index in [2.05, 4.69) is 10.1 Å². The van der Waals surface area contributed by atoms with Crippen LogP contribution in [-0.4, -0.2) is 21.8 Å². The van der Waals surface area contributed by atoms with E-state index in [0.717, 1.165) is 28.8 Å². The summed E-state index contributed by atoms with van der Waals surface area (Å²) in [6.45, 7) is 3.64. The maximum Gasteiger partial charge on any atom is 0.417 e. The van der Waals surface area contributed by atoms with Crippen molar-refractivity contribution in [3.8, 4) is 16.9 Å². The van der Waals surface area contributed by atoms with Gasteiger partial charge in [0.05, 0.1) is 41.7 Å². The van der Waals surface area contributed by atoms with E-state index in [9.17, 15) is 18.0 Å². The zero-order valence-electron chi connectivity index (χ0n) is 16.9. The van der Waals surface area contributed by atoms with Crippen molar-refractivity contribution in [1.29, 1.82) is 0 Å². The van der Waals surface area contributed by atoms with Crippen LogP contribution in [0.3, 0.4) is 0 Å². The van der Waals surface area contributed by atoms with Crippen molar-refractivity contribution in [3.63, 3.8) is 0 Å². The summed E-state index contributed by atoms with van der Waals surface area (Å²) in [5, 5.41) is 4.74. The minimum absolute atomic E-state index is 0.0160. The van der Waals surface area contributed by atoms with Gasteiger partial charge in [0.25, 0.3) is 5.56 Å². The van der Waals surface area contributed by atoms with Crippen LogP contribution in [0, 0.1) is 13.8 Å². The highest BCUT2D eigenvalue weighted by Crippen LogP contribution is 2.37. The number of ether oxygens (including phenoxy) is 1. The second-order valence-corrected chi connectivity index (χ2v) is 7.10. The fraction of sp³-hybridized carbons (Fsp3) is 0.227. The first-order chi connectivity index (χ1) is 14.7. The summed E-state index contributed by atoms with van der Waals surface area (Å²) >= 11 is 0. The SMILES string of the molecule is COc1cc2c(ccc(=O)n2Cc2ccc(C(F)(F)F)cn2)cc1-c1c(C)noc1C. The summed E-state index contributed by atoms with van der Waals surface area (Å²) in [7, 11) is 1.52. The van der Waals surface area contributed by atoms with Crippen LogP contribution in [0.15, 0.2) is 51.9 Å². The number of aryl methyl sites for hydroxylation is 2. The molecule has 0 N–H and O–H groups in total. The van der Waals surface area contributed by atoms with Crippen LogP contribution in [-0.2, 0) is 12.7 Å². The Hall–Kier alpha value is -3.62. The maximum atomic E-state index is 12.8. The van der Waals surface area contributed by atoms with Gasteiger partial charge in [-0.1, -0.05) is 5.16 Å². The number of hydrogen-bond acceptors (Lipinski definition) is 5. The molecule has 0 fully saturated rings. The average Bonchev–Trinajstić information content (AvgIpc) is 3.07. The lowest BCUT2D eigenvalue weighted by molar-refractivity contribution is -0.137. The van der Waals surface area contributed by atoms with E-state index in [1.807, 2.05) is 13.0 Å². The standard InChI is InChI=1S/C22H18F3N3O3/c1-12-21(13(2)31-27-12)17-8-14-4-7-20(29)28(18(14)9-19(17)30-3)11-16-6-5-15(10-26-16)22(23,24)25/h4-10H,11H2,1-3H3. The summed E-state index contributed by atoms with van der Waals surface area (Å²) < 4.78 is 50.7. The van der Waals surface area contributed by atoms with E-state index in [4.69, 9.17) is 9.26 Å². The Balaban J connectivity index is 1.83. The number of hydrogen-bond donors (Lipinski definition) is 0. The quantitative estimate of drug-likeness (QED) is 0.469. The van der Waals surface area contributed by atoms with Crippen LogP contribution in [0.5, 0.6) is 5.75 Å². The molecule has 0 saturated carbocycles. The Kier molecular flexibility index (Phi) is 5.04. The number of rotatable bonds is 4. The molecule has 4 rings (SSSR count). The van der Waals surface area contributed by atoms with Crippen LogP contribution in [0.4, 0.5) is 13.2 Å². The van der Waals surface area contributed by atoms with Gasteiger partial charge in [-0.25, -0.2) is 0 Å². The molecule has 31 heavy (non-hydrogen) atoms. The molecule has 0 amide bonds. The summed E-state index contributed by atoms with van der Waals surface area (Å²) in [6, 6.07) is 8.92. The second kappa shape index (κ2) is 7.57. The van der Waals surface area contributed by atoms with Gasteiger partial charge in [-0.3, -0.25) is 9.78 Å². The fourth-order valence-corrected chi connectivity index (χ4v) is 3.57. The molecule has 0 unspecified atom stereocenters. The maximum absolute atomic E-state index is 12.8. The van der Waals surface area contributed by atoms with Gasteiger partial charge in [-0.15, -0.1) is 0 Å². The molecule has 3 heterocycles. The molecule has 0 spiro atoms. The minimum Gasteiger partial charge on any atom is -0.496 e. The average molecular weight is 429 g/mol. The Bertz CT molecular complexity index is 1300. The molecule has 3 aromatic heterocycles. The minimum atomic E-state index is -4.47. The van der Waals surface area contributed by atoms with E-state index in [-0.39, 0.29) is 12.1 Å². The van der Waals surface area contributed by atoms with Crippen LogP contribution >= 0.6 is 0 Å². The highest BCUT2D eigenvalue weighted by Gasteiger charge is 2.30. The number of halogens is 3. The lowest BCUT2D eigenvalue weighted by Gasteiger charge is -2.15. The number of nitrogens with zero attached hydrogens (tertiary/aromatic N) is 3. The molecule has 160 valence electrons. The molecule has 0 aliphatic rings. The number of alkyl halides is 3. The molecule has 0 atom stereocenters. The lowest BCUT2D eigenvalue weighted by atomic mass is 10.0. The fourth-order valence-electron chi connectivity index (χ4n) is 3.57. The molecule has 1 aromatic carbocycles. The van der Waals surface area contributed by atoms with Crippen LogP contribution in [0.1, 0.15) is 22.7 Å². The molecular formula is C22H18F3N3O3. The Morgan fingerprint density at radius 3 is 2.48 bits per heavy atom. The zero-order chi connectivity index (χ0) is 22.3. The lowest BCUT2D eigenvalue weighted by Crippen LogP contribution is -2.20. The van der Waals surface area contributed by atoms with Crippen LogP contribution in [0.2, 0.25) is 0 Å². The van der Waals surface area contributed by atoms with Crippen molar-refractivity contribution < 1.29 is 22.4 Å². The predicted molar refractivity (Wildman–Crippen MR) is 108 cm³/mol. The van der Waals surface area contributed by atoms with Crippen molar-refractivity contribution in [2.45, 2.75) is 26.6 Å². The van der Waals surface area contributed by atoms with E-state index in [0.29, 0.717) is 28.4 Å². The largest absolute Gasteiger partial charge is 0.496 e. The molecule has 0 aliphatic carbocycles. The first kappa shape index (κ1) is 20.6. The monoisotopic (exact) mass is 429 g/mol. The van der Waals surface area contributed by atoms with Gasteiger partial charge in [-0.05, 0) is 43.5 Å². The van der Waals surface area contributed by atoms with Crippen LogP contribution in [0.25, 0.3) is 22.0 Å². The molecule has 0 aliphatic heterocycles. The van der Waals surface area contributed by atoms with Crippen molar-refractivity contribution in [2.24, 2.45) is 0 Å². The van der Waals surface area contributed by atoms with Crippen molar-refractivity contribution >= 4 is 10.9 Å². The predicted octanol–water partition coefficient (Wildman–Crippen LogP) is 4.74. The van der Waals surface area contributed by atoms with Gasteiger partial charge >= 0.3 is 6.18 Å². The molecule has 0 bridgehead atoms. The Morgan fingerprint density at radius 2 is 1.90 bits per heavy atom. The van der Waals surface area contributed by atoms with E-state index >= 15 is 0 Å². The van der Waals surface area contributed by atoms with E-state index in [1.54, 1.807) is 19.1 Å². The van der Waals surface area contributed by atoms with Gasteiger partial charge < -0.3 is 13.8 Å². The number of benzene rings is 1. The highest BCUT2D eigenvalue weighted by atomic mass is 19.4. The molecule has 6 nitrogen and oxygen atoms in total. The summed E-state index contributed by atoms with van der Waals surface area (Å²) in [6.07, 6.45) is -3.70. The number of fused-ring (bicyclic) bond motifs is 1. The van der Waals surface area contributed by atoms with Crippen molar-refractivity contribution in [1.82, 2.24) is 14.7 Å². The third-order valence-corrected chi connectivity index (χ3v) is 5.09. The summed E-state index contributed by atoms with van der Waals surface area (Å²) in [4.78, 5) is 16.5. The normalized spacial score (nSPS) is 11.8. The third-order valence-electron chi connectivity index (χ3n) is 5.09. The van der Waals surface area contributed by atoms with Crippen LogP contribution < -0.4 is 10.3 Å². The molecule has 4 aromatic rings. The Morgan fingerprint density at radius 1 is 1.13 bits per heavy atom. The van der Waals surface area contributed by atoms with Gasteiger partial charge in [0.15, 0.2) is 0 Å². The molecule has 0 saturated heterocycles. The zero-order valence-corrected chi connectivity index (χ0v) is 16.9. The van der Waals surface area contributed by atoms with Crippen molar-refractivity contribution in [3.05, 3.63) is 75.7 Å². The van der Waals surface area contributed by atoms with Gasteiger partial charge in [0.2, 0.25) is 0 Å². The van der Waals surface area contributed by atoms with Gasteiger partial charge in [0, 0.05) is 23.9 Å². The first-order valence-electron chi connectivity index (χ1n) is 9.36. The smallest absolute Gasteiger partial charge is 0.417 e. The van der Waals surface area contributed by atoms with Gasteiger partial charge in [-0.2, -0.15) is 13.2 Å². The third kappa shape index (κ3) is 3.78. The molecule has 0 radical (unpaired) electrons. The van der Waals surface area contributed by atoms with Gasteiger partial charge in [0.1, 0.15) is 11.5 Å². The Labute approximate surface area is 174 Å². The van der Waals surface area contributed by atoms with Crippen molar-refractivity contribution in [2.75, 3.05) is 7.11 Å². The number of aromatic nitrogens is 3. The van der Waals surface area contributed by atoms with E-state index < -0.39 is 11.7 Å². The second-order valence-electron chi connectivity index (χ2n) is 7.10. The first-order valence-corrected chi connectivity index (χ1v) is 9.36.